The highest BCUT2D eigenvalue weighted by Crippen LogP contribution is 2.23. The number of carbonyl (C=O) groups is 2. The number of rotatable bonds is 2. The van der Waals surface area contributed by atoms with Gasteiger partial charge in [0.1, 0.15) is 5.60 Å². The van der Waals surface area contributed by atoms with Crippen LogP contribution in [-0.4, -0.2) is 35.0 Å². The lowest BCUT2D eigenvalue weighted by Crippen LogP contribution is -2.43. The van der Waals surface area contributed by atoms with E-state index in [9.17, 15) is 9.59 Å². The van der Waals surface area contributed by atoms with Gasteiger partial charge in [0.25, 0.3) is 0 Å². The molecule has 1 unspecified atom stereocenters. The molecular formula is C16H21NO3. The summed E-state index contributed by atoms with van der Waals surface area (Å²) in [4.78, 5) is 26.2. The van der Waals surface area contributed by atoms with E-state index in [0.717, 1.165) is 6.42 Å². The molecule has 4 heteroatoms. The SMILES string of the molecule is CC(C)(C)OC(=O)N1CCCC1C(=O)c1ccccc1. The number of hydrogen-bond donors (Lipinski definition) is 0. The van der Waals surface area contributed by atoms with Crippen LogP contribution in [0.25, 0.3) is 0 Å². The minimum atomic E-state index is -0.542. The average Bonchev–Trinajstić information content (AvgIpc) is 2.86. The molecule has 1 fully saturated rings. The van der Waals surface area contributed by atoms with Crippen LogP contribution in [0.5, 0.6) is 0 Å². The quantitative estimate of drug-likeness (QED) is 0.778. The second-order valence-corrected chi connectivity index (χ2v) is 6.06. The highest BCUT2D eigenvalue weighted by molar-refractivity contribution is 6.01. The number of likely N-dealkylation sites (tertiary alicyclic amines) is 1. The van der Waals surface area contributed by atoms with Crippen LogP contribution in [-0.2, 0) is 4.74 Å². The Balaban J connectivity index is 2.11. The fraction of sp³-hybridized carbons (Fsp3) is 0.500. The van der Waals surface area contributed by atoms with Gasteiger partial charge in [0.15, 0.2) is 5.78 Å². The van der Waals surface area contributed by atoms with Crippen LogP contribution >= 0.6 is 0 Å². The van der Waals surface area contributed by atoms with Gasteiger partial charge in [-0.05, 0) is 33.6 Å². The summed E-state index contributed by atoms with van der Waals surface area (Å²) < 4.78 is 5.37. The van der Waals surface area contributed by atoms with Gasteiger partial charge >= 0.3 is 6.09 Å². The second kappa shape index (κ2) is 5.65. The molecule has 1 saturated heterocycles. The normalized spacial score (nSPS) is 18.9. The molecule has 108 valence electrons. The number of carbonyl (C=O) groups excluding carboxylic acids is 2. The first kappa shape index (κ1) is 14.6. The molecule has 4 nitrogen and oxygen atoms in total. The van der Waals surface area contributed by atoms with Crippen LogP contribution in [0, 0.1) is 0 Å². The summed E-state index contributed by atoms with van der Waals surface area (Å²) in [5.41, 5.74) is 0.105. The van der Waals surface area contributed by atoms with Gasteiger partial charge in [-0.2, -0.15) is 0 Å². The molecule has 0 bridgehead atoms. The van der Waals surface area contributed by atoms with Crippen molar-refractivity contribution in [2.45, 2.75) is 45.3 Å². The number of hydrogen-bond acceptors (Lipinski definition) is 3. The number of Topliss-reactive ketones (excluding diaryl/α,β-unsaturated/α-hetero) is 1. The Hall–Kier alpha value is -1.84. The largest absolute Gasteiger partial charge is 0.444 e. The van der Waals surface area contributed by atoms with Crippen molar-refractivity contribution in [3.63, 3.8) is 0 Å². The van der Waals surface area contributed by atoms with Gasteiger partial charge < -0.3 is 4.74 Å². The molecular weight excluding hydrogens is 254 g/mol. The molecule has 20 heavy (non-hydrogen) atoms. The Labute approximate surface area is 119 Å². The molecule has 1 atom stereocenters. The van der Waals surface area contributed by atoms with Crippen molar-refractivity contribution in [1.29, 1.82) is 0 Å². The predicted molar refractivity (Wildman–Crippen MR) is 76.7 cm³/mol. The van der Waals surface area contributed by atoms with Crippen LogP contribution in [0.4, 0.5) is 4.79 Å². The van der Waals surface area contributed by atoms with Crippen LogP contribution in [0.3, 0.4) is 0 Å². The lowest BCUT2D eigenvalue weighted by Gasteiger charge is -2.28. The summed E-state index contributed by atoms with van der Waals surface area (Å²) in [6.07, 6.45) is 1.14. The number of benzene rings is 1. The Morgan fingerprint density at radius 2 is 1.85 bits per heavy atom. The summed E-state index contributed by atoms with van der Waals surface area (Å²) >= 11 is 0. The van der Waals surface area contributed by atoms with Crippen molar-refractivity contribution >= 4 is 11.9 Å². The molecule has 1 amide bonds. The lowest BCUT2D eigenvalue weighted by molar-refractivity contribution is 0.0222. The summed E-state index contributed by atoms with van der Waals surface area (Å²) in [6, 6.07) is 8.71. The Kier molecular flexibility index (Phi) is 4.12. The van der Waals surface area contributed by atoms with Crippen molar-refractivity contribution in [3.05, 3.63) is 35.9 Å². The fourth-order valence-corrected chi connectivity index (χ4v) is 2.37. The van der Waals surface area contributed by atoms with E-state index in [1.807, 2.05) is 39.0 Å². The number of amides is 1. The topological polar surface area (TPSA) is 46.6 Å². The van der Waals surface area contributed by atoms with Crippen molar-refractivity contribution in [1.82, 2.24) is 4.90 Å². The zero-order chi connectivity index (χ0) is 14.8. The van der Waals surface area contributed by atoms with E-state index < -0.39 is 17.7 Å². The third-order valence-corrected chi connectivity index (χ3v) is 3.24. The molecule has 1 aromatic carbocycles. The maximum Gasteiger partial charge on any atom is 0.410 e. The maximum atomic E-state index is 12.5. The second-order valence-electron chi connectivity index (χ2n) is 6.06. The Morgan fingerprint density at radius 1 is 1.20 bits per heavy atom. The number of nitrogens with zero attached hydrogens (tertiary/aromatic N) is 1. The highest BCUT2D eigenvalue weighted by atomic mass is 16.6. The molecule has 0 aromatic heterocycles. The summed E-state index contributed by atoms with van der Waals surface area (Å²) in [7, 11) is 0. The van der Waals surface area contributed by atoms with E-state index in [-0.39, 0.29) is 5.78 Å². The maximum absolute atomic E-state index is 12.5. The van der Waals surface area contributed by atoms with E-state index in [1.54, 1.807) is 17.0 Å². The van der Waals surface area contributed by atoms with Crippen LogP contribution in [0.2, 0.25) is 0 Å². The molecule has 0 spiro atoms. The Morgan fingerprint density at radius 3 is 2.45 bits per heavy atom. The third kappa shape index (κ3) is 3.38. The van der Waals surface area contributed by atoms with Crippen molar-refractivity contribution in [2.75, 3.05) is 6.54 Å². The molecule has 0 aliphatic carbocycles. The van der Waals surface area contributed by atoms with Gasteiger partial charge in [-0.15, -0.1) is 0 Å². The Bertz CT molecular complexity index is 490. The summed E-state index contributed by atoms with van der Waals surface area (Å²) in [5, 5.41) is 0. The van der Waals surface area contributed by atoms with Gasteiger partial charge in [-0.3, -0.25) is 9.69 Å². The van der Waals surface area contributed by atoms with Crippen molar-refractivity contribution < 1.29 is 14.3 Å². The first-order valence-corrected chi connectivity index (χ1v) is 6.97. The minimum Gasteiger partial charge on any atom is -0.444 e. The van der Waals surface area contributed by atoms with E-state index in [0.29, 0.717) is 18.5 Å². The smallest absolute Gasteiger partial charge is 0.410 e. The van der Waals surface area contributed by atoms with E-state index >= 15 is 0 Å². The van der Waals surface area contributed by atoms with Crippen molar-refractivity contribution in [3.8, 4) is 0 Å². The van der Waals surface area contributed by atoms with Gasteiger partial charge in [-0.25, -0.2) is 4.79 Å². The number of ether oxygens (including phenoxy) is 1. The van der Waals surface area contributed by atoms with E-state index in [2.05, 4.69) is 0 Å². The van der Waals surface area contributed by atoms with Gasteiger partial charge in [0, 0.05) is 12.1 Å². The molecule has 1 aliphatic heterocycles. The average molecular weight is 275 g/mol. The van der Waals surface area contributed by atoms with E-state index in [4.69, 9.17) is 4.74 Å². The first-order chi connectivity index (χ1) is 9.38. The minimum absolute atomic E-state index is 0.00559. The van der Waals surface area contributed by atoms with Crippen molar-refractivity contribution in [2.24, 2.45) is 0 Å². The first-order valence-electron chi connectivity index (χ1n) is 6.97. The summed E-state index contributed by atoms with van der Waals surface area (Å²) in [5.74, 6) is -0.00559. The van der Waals surface area contributed by atoms with Gasteiger partial charge in [0.2, 0.25) is 0 Å². The van der Waals surface area contributed by atoms with Gasteiger partial charge in [-0.1, -0.05) is 30.3 Å². The number of ketones is 1. The third-order valence-electron chi connectivity index (χ3n) is 3.24. The molecule has 1 aliphatic rings. The van der Waals surface area contributed by atoms with E-state index in [1.165, 1.54) is 0 Å². The molecule has 2 rings (SSSR count). The summed E-state index contributed by atoms with van der Waals surface area (Å²) in [6.45, 7) is 6.07. The van der Waals surface area contributed by atoms with Crippen LogP contribution in [0.15, 0.2) is 30.3 Å². The molecule has 1 heterocycles. The lowest BCUT2D eigenvalue weighted by atomic mass is 10.0. The monoisotopic (exact) mass is 275 g/mol. The fourth-order valence-electron chi connectivity index (χ4n) is 2.37. The van der Waals surface area contributed by atoms with Crippen LogP contribution < -0.4 is 0 Å². The standard InChI is InChI=1S/C16H21NO3/c1-16(2,3)20-15(19)17-11-7-10-13(17)14(18)12-8-5-4-6-9-12/h4-6,8-9,13H,7,10-11H2,1-3H3. The molecule has 0 radical (unpaired) electrons. The highest BCUT2D eigenvalue weighted by Gasteiger charge is 2.36. The zero-order valence-corrected chi connectivity index (χ0v) is 12.3. The van der Waals surface area contributed by atoms with Gasteiger partial charge in [0.05, 0.1) is 6.04 Å². The molecule has 0 N–H and O–H groups in total. The van der Waals surface area contributed by atoms with Crippen LogP contribution in [0.1, 0.15) is 44.0 Å². The molecule has 1 aromatic rings. The zero-order valence-electron chi connectivity index (χ0n) is 12.3. The predicted octanol–water partition coefficient (Wildman–Crippen LogP) is 3.27. The molecule has 0 saturated carbocycles.